The molecule has 9 heteroatoms. The van der Waals surface area contributed by atoms with E-state index in [1.54, 1.807) is 32.0 Å². The normalized spacial score (nSPS) is 10.8. The Morgan fingerprint density at radius 3 is 2.25 bits per heavy atom. The van der Waals surface area contributed by atoms with Crippen LogP contribution in [0.3, 0.4) is 0 Å². The highest BCUT2D eigenvalue weighted by molar-refractivity contribution is 5.87. The summed E-state index contributed by atoms with van der Waals surface area (Å²) in [6.07, 6.45) is -2.21. The van der Waals surface area contributed by atoms with Crippen molar-refractivity contribution >= 4 is 11.6 Å². The maximum Gasteiger partial charge on any atom is 0.573 e. The van der Waals surface area contributed by atoms with Gasteiger partial charge >= 0.3 is 6.36 Å². The Morgan fingerprint density at radius 2 is 1.75 bits per heavy atom. The summed E-state index contributed by atoms with van der Waals surface area (Å²) >= 11 is 0. The van der Waals surface area contributed by atoms with Gasteiger partial charge in [0.2, 0.25) is 5.91 Å². The number of aliphatic hydroxyl groups is 2. The second-order valence-electron chi connectivity index (χ2n) is 7.47. The Balaban J connectivity index is 0.00000316. The first-order valence-corrected chi connectivity index (χ1v) is 11.3. The lowest BCUT2D eigenvalue weighted by molar-refractivity contribution is -0.274. The lowest BCUT2D eigenvalue weighted by Crippen LogP contribution is -2.26. The standard InChI is InChI=1S/C25H27F3N2O4.C2H6/c1-5-12-29(3)24-17(2)21(18-8-10-20(11-9-18)34-25(26,27)28)14-19(22(24)16-32)15-30(4)23(33)7-6-13-31;1-2/h6-11,14,31-32H,13,15-16H2,1-4H3;1-2H3/b7-6+;. The predicted octanol–water partition coefficient (Wildman–Crippen LogP) is 5.00. The van der Waals surface area contributed by atoms with E-state index >= 15 is 0 Å². The molecule has 36 heavy (non-hydrogen) atoms. The van der Waals surface area contributed by atoms with Crippen molar-refractivity contribution in [3.8, 4) is 28.8 Å². The van der Waals surface area contributed by atoms with Gasteiger partial charge in [-0.3, -0.25) is 4.79 Å². The summed E-state index contributed by atoms with van der Waals surface area (Å²) in [6, 6.07) is 10.2. The van der Waals surface area contributed by atoms with Gasteiger partial charge in [-0.25, -0.2) is 0 Å². The molecule has 0 saturated heterocycles. The van der Waals surface area contributed by atoms with Crippen LogP contribution in [-0.2, 0) is 17.9 Å². The molecule has 0 atom stereocenters. The number of likely N-dealkylation sites (N-methyl/N-ethyl adjacent to an activating group) is 1. The monoisotopic (exact) mass is 506 g/mol. The van der Waals surface area contributed by atoms with Gasteiger partial charge < -0.3 is 24.7 Å². The van der Waals surface area contributed by atoms with E-state index in [0.29, 0.717) is 27.9 Å². The van der Waals surface area contributed by atoms with Gasteiger partial charge in [-0.15, -0.1) is 13.2 Å². The van der Waals surface area contributed by atoms with Crippen molar-refractivity contribution in [3.63, 3.8) is 0 Å². The number of ether oxygens (including phenoxy) is 1. The number of anilines is 1. The minimum Gasteiger partial charge on any atom is -0.406 e. The van der Waals surface area contributed by atoms with E-state index in [1.807, 2.05) is 20.8 Å². The average molecular weight is 507 g/mol. The van der Waals surface area contributed by atoms with Crippen LogP contribution in [0.5, 0.6) is 5.75 Å². The van der Waals surface area contributed by atoms with Crippen molar-refractivity contribution in [3.05, 3.63) is 59.2 Å². The number of carbonyl (C=O) groups is 1. The van der Waals surface area contributed by atoms with Gasteiger partial charge in [0, 0.05) is 38.3 Å². The quantitative estimate of drug-likeness (QED) is 0.299. The highest BCUT2D eigenvalue weighted by Crippen LogP contribution is 2.37. The minimum absolute atomic E-state index is 0.146. The van der Waals surface area contributed by atoms with Crippen LogP contribution in [0.2, 0.25) is 0 Å². The molecule has 0 spiro atoms. The molecular formula is C27H33F3N2O4. The first-order chi connectivity index (χ1) is 17.0. The van der Waals surface area contributed by atoms with Crippen LogP contribution >= 0.6 is 0 Å². The summed E-state index contributed by atoms with van der Waals surface area (Å²) in [5.74, 6) is 2.14. The first kappa shape index (κ1) is 30.6. The molecular weight excluding hydrogens is 473 g/mol. The lowest BCUT2D eigenvalue weighted by Gasteiger charge is -2.26. The Morgan fingerprint density at radius 1 is 1.14 bits per heavy atom. The van der Waals surface area contributed by atoms with Crippen LogP contribution in [0.4, 0.5) is 18.9 Å². The van der Waals surface area contributed by atoms with Crippen molar-refractivity contribution in [2.24, 2.45) is 0 Å². The topological polar surface area (TPSA) is 73.2 Å². The van der Waals surface area contributed by atoms with Gasteiger partial charge in [0.05, 0.1) is 18.9 Å². The van der Waals surface area contributed by atoms with Crippen LogP contribution in [-0.4, -0.2) is 48.1 Å². The molecule has 0 aliphatic rings. The Labute approximate surface area is 210 Å². The van der Waals surface area contributed by atoms with E-state index in [1.165, 1.54) is 41.3 Å². The van der Waals surface area contributed by atoms with E-state index < -0.39 is 6.36 Å². The molecule has 1 amide bonds. The molecule has 0 bridgehead atoms. The maximum absolute atomic E-state index is 12.5. The van der Waals surface area contributed by atoms with Gasteiger partial charge in [-0.1, -0.05) is 38.0 Å². The lowest BCUT2D eigenvalue weighted by atomic mass is 9.91. The summed E-state index contributed by atoms with van der Waals surface area (Å²) < 4.78 is 41.5. The molecule has 6 nitrogen and oxygen atoms in total. The molecule has 0 saturated carbocycles. The van der Waals surface area contributed by atoms with Crippen LogP contribution in [0, 0.1) is 18.9 Å². The summed E-state index contributed by atoms with van der Waals surface area (Å²) in [5.41, 5.74) is 3.97. The SMILES string of the molecule is CC.CC#CN(C)c1c(C)c(-c2ccc(OC(F)(F)F)cc2)cc(CN(C)C(=O)/C=C/CO)c1CO. The fourth-order valence-corrected chi connectivity index (χ4v) is 3.62. The van der Waals surface area contributed by atoms with Crippen molar-refractivity contribution in [2.45, 2.75) is 47.2 Å². The van der Waals surface area contributed by atoms with Crippen molar-refractivity contribution in [1.82, 2.24) is 4.90 Å². The first-order valence-electron chi connectivity index (χ1n) is 11.3. The second kappa shape index (κ2) is 14.2. The van der Waals surface area contributed by atoms with Crippen LogP contribution in [0.1, 0.15) is 37.5 Å². The van der Waals surface area contributed by atoms with Gasteiger partial charge in [0.25, 0.3) is 0 Å². The number of hydrogen-bond acceptors (Lipinski definition) is 5. The Kier molecular flexibility index (Phi) is 12.0. The number of benzene rings is 2. The van der Waals surface area contributed by atoms with Gasteiger partial charge in [0.15, 0.2) is 0 Å². The molecule has 2 aromatic carbocycles. The molecule has 0 radical (unpaired) electrons. The number of carbonyl (C=O) groups excluding carboxylic acids is 1. The summed E-state index contributed by atoms with van der Waals surface area (Å²) in [4.78, 5) is 15.4. The van der Waals surface area contributed by atoms with Gasteiger partial charge in [0.1, 0.15) is 5.75 Å². The smallest absolute Gasteiger partial charge is 0.406 e. The molecule has 0 aliphatic carbocycles. The van der Waals surface area contributed by atoms with Crippen LogP contribution < -0.4 is 9.64 Å². The second-order valence-corrected chi connectivity index (χ2v) is 7.47. The Bertz CT molecular complexity index is 1100. The largest absolute Gasteiger partial charge is 0.573 e. The van der Waals surface area contributed by atoms with Crippen molar-refractivity contribution < 1.29 is 32.9 Å². The highest BCUT2D eigenvalue weighted by Gasteiger charge is 2.31. The fraction of sp³-hybridized carbons (Fsp3) is 0.370. The molecule has 0 fully saturated rings. The number of hydrogen-bond donors (Lipinski definition) is 2. The van der Waals surface area contributed by atoms with E-state index in [-0.39, 0.29) is 31.4 Å². The number of aliphatic hydroxyl groups excluding tert-OH is 2. The number of alkyl halides is 3. The van der Waals surface area contributed by atoms with Crippen molar-refractivity contribution in [2.75, 3.05) is 25.6 Å². The van der Waals surface area contributed by atoms with Crippen LogP contribution in [0.15, 0.2) is 42.5 Å². The number of amides is 1. The number of nitrogens with zero attached hydrogens (tertiary/aromatic N) is 2. The Hall–Kier alpha value is -3.48. The predicted molar refractivity (Wildman–Crippen MR) is 135 cm³/mol. The summed E-state index contributed by atoms with van der Waals surface area (Å²) in [5, 5.41) is 19.1. The van der Waals surface area contributed by atoms with Crippen LogP contribution in [0.25, 0.3) is 11.1 Å². The zero-order chi connectivity index (χ0) is 27.5. The molecule has 2 rings (SSSR count). The number of rotatable bonds is 8. The number of halogens is 3. The molecule has 196 valence electrons. The van der Waals surface area contributed by atoms with E-state index in [2.05, 4.69) is 16.7 Å². The fourth-order valence-electron chi connectivity index (χ4n) is 3.62. The third-order valence-corrected chi connectivity index (χ3v) is 5.07. The van der Waals surface area contributed by atoms with Gasteiger partial charge in [-0.2, -0.15) is 0 Å². The molecule has 2 aromatic rings. The zero-order valence-corrected chi connectivity index (χ0v) is 21.4. The highest BCUT2D eigenvalue weighted by atomic mass is 19.4. The van der Waals surface area contributed by atoms with Gasteiger partial charge in [-0.05, 0) is 54.3 Å². The van der Waals surface area contributed by atoms with E-state index in [0.717, 1.165) is 5.56 Å². The van der Waals surface area contributed by atoms with E-state index in [9.17, 15) is 23.1 Å². The van der Waals surface area contributed by atoms with Crippen molar-refractivity contribution in [1.29, 1.82) is 0 Å². The van der Waals surface area contributed by atoms with E-state index in [4.69, 9.17) is 5.11 Å². The summed E-state index contributed by atoms with van der Waals surface area (Å²) in [7, 11) is 3.33. The average Bonchev–Trinajstić information content (AvgIpc) is 2.83. The molecule has 0 aliphatic heterocycles. The zero-order valence-electron chi connectivity index (χ0n) is 21.4. The third-order valence-electron chi connectivity index (χ3n) is 5.07. The maximum atomic E-state index is 12.5. The molecule has 0 heterocycles. The minimum atomic E-state index is -4.79. The molecule has 0 unspecified atom stereocenters. The molecule has 2 N–H and O–H groups in total. The molecule has 0 aromatic heterocycles. The summed E-state index contributed by atoms with van der Waals surface area (Å²) in [6.45, 7) is 7.08. The third kappa shape index (κ3) is 8.33.